The van der Waals surface area contributed by atoms with Crippen LogP contribution in [0.25, 0.3) is 0 Å². The molecule has 1 nitrogen and oxygen atoms in total. The Morgan fingerprint density at radius 3 is 2.80 bits per heavy atom. The Hall–Kier alpha value is -0.0400. The molecule has 0 aromatic rings. The zero-order valence-corrected chi connectivity index (χ0v) is 7.10. The van der Waals surface area contributed by atoms with Gasteiger partial charge in [0.2, 0.25) is 0 Å². The van der Waals surface area contributed by atoms with Gasteiger partial charge in [0, 0.05) is 7.11 Å². The van der Waals surface area contributed by atoms with Crippen molar-refractivity contribution in [2.24, 2.45) is 5.92 Å². The van der Waals surface area contributed by atoms with Crippen molar-refractivity contribution in [1.29, 1.82) is 0 Å². The van der Waals surface area contributed by atoms with E-state index in [0.29, 0.717) is 6.10 Å². The summed E-state index contributed by atoms with van der Waals surface area (Å²) in [7, 11) is 1.85. The molecule has 0 N–H and O–H groups in total. The lowest BCUT2D eigenvalue weighted by Gasteiger charge is -2.16. The van der Waals surface area contributed by atoms with Crippen LogP contribution in [0.5, 0.6) is 0 Å². The average molecular weight is 142 g/mol. The highest BCUT2D eigenvalue weighted by Crippen LogP contribution is 2.30. The summed E-state index contributed by atoms with van der Waals surface area (Å²) in [4.78, 5) is 0. The summed E-state index contributed by atoms with van der Waals surface area (Å²) in [6, 6.07) is 0. The van der Waals surface area contributed by atoms with E-state index in [9.17, 15) is 0 Å². The molecule has 0 amide bonds. The molecule has 0 spiro atoms. The van der Waals surface area contributed by atoms with Gasteiger partial charge in [-0.1, -0.05) is 19.8 Å². The zero-order valence-electron chi connectivity index (χ0n) is 7.10. The number of hydrogen-bond acceptors (Lipinski definition) is 1. The third kappa shape index (κ3) is 1.72. The van der Waals surface area contributed by atoms with Crippen molar-refractivity contribution in [2.45, 2.75) is 45.1 Å². The standard InChI is InChI=1S/C9H18O/c1-3-5-8-6-4-7-9(8)10-2/h8-9H,3-7H2,1-2H3. The molecule has 1 fully saturated rings. The summed E-state index contributed by atoms with van der Waals surface area (Å²) < 4.78 is 5.38. The lowest BCUT2D eigenvalue weighted by molar-refractivity contribution is 0.0678. The largest absolute Gasteiger partial charge is 0.381 e. The first-order chi connectivity index (χ1) is 4.88. The van der Waals surface area contributed by atoms with Crippen molar-refractivity contribution in [3.63, 3.8) is 0 Å². The van der Waals surface area contributed by atoms with Crippen molar-refractivity contribution < 1.29 is 4.74 Å². The van der Waals surface area contributed by atoms with E-state index in [1.807, 2.05) is 7.11 Å². The highest BCUT2D eigenvalue weighted by molar-refractivity contribution is 4.77. The Morgan fingerprint density at radius 1 is 1.40 bits per heavy atom. The van der Waals surface area contributed by atoms with Gasteiger partial charge in [-0.25, -0.2) is 0 Å². The Balaban J connectivity index is 2.27. The Kier molecular flexibility index (Phi) is 3.20. The van der Waals surface area contributed by atoms with Gasteiger partial charge in [-0.15, -0.1) is 0 Å². The fraction of sp³-hybridized carbons (Fsp3) is 1.00. The van der Waals surface area contributed by atoms with E-state index < -0.39 is 0 Å². The van der Waals surface area contributed by atoms with Crippen molar-refractivity contribution >= 4 is 0 Å². The summed E-state index contributed by atoms with van der Waals surface area (Å²) in [6.45, 7) is 2.26. The molecular formula is C9H18O. The van der Waals surface area contributed by atoms with Gasteiger partial charge < -0.3 is 4.74 Å². The third-order valence-electron chi connectivity index (χ3n) is 2.55. The molecule has 0 radical (unpaired) electrons. The minimum Gasteiger partial charge on any atom is -0.381 e. The molecule has 1 rings (SSSR count). The smallest absolute Gasteiger partial charge is 0.0599 e. The molecule has 1 saturated carbocycles. The Labute approximate surface area is 63.8 Å². The molecule has 1 heteroatoms. The summed E-state index contributed by atoms with van der Waals surface area (Å²) in [6.07, 6.45) is 7.32. The van der Waals surface area contributed by atoms with Gasteiger partial charge in [0.05, 0.1) is 6.10 Å². The van der Waals surface area contributed by atoms with Gasteiger partial charge in [0.1, 0.15) is 0 Å². The first kappa shape index (κ1) is 8.06. The van der Waals surface area contributed by atoms with Crippen molar-refractivity contribution in [1.82, 2.24) is 0 Å². The first-order valence-electron chi connectivity index (χ1n) is 4.41. The lowest BCUT2D eigenvalue weighted by atomic mass is 10.0. The van der Waals surface area contributed by atoms with E-state index in [4.69, 9.17) is 4.74 Å². The van der Waals surface area contributed by atoms with Crippen LogP contribution in [0.4, 0.5) is 0 Å². The van der Waals surface area contributed by atoms with E-state index >= 15 is 0 Å². The van der Waals surface area contributed by atoms with Crippen LogP contribution < -0.4 is 0 Å². The predicted molar refractivity (Wildman–Crippen MR) is 43.0 cm³/mol. The third-order valence-corrected chi connectivity index (χ3v) is 2.55. The molecule has 10 heavy (non-hydrogen) atoms. The lowest BCUT2D eigenvalue weighted by Crippen LogP contribution is -2.15. The number of ether oxygens (including phenoxy) is 1. The molecule has 60 valence electrons. The topological polar surface area (TPSA) is 9.23 Å². The second kappa shape index (κ2) is 3.97. The fourth-order valence-electron chi connectivity index (χ4n) is 2.01. The maximum atomic E-state index is 5.38. The fourth-order valence-corrected chi connectivity index (χ4v) is 2.01. The summed E-state index contributed by atoms with van der Waals surface area (Å²) in [5.74, 6) is 0.870. The molecule has 1 aliphatic rings. The molecule has 0 saturated heterocycles. The SMILES string of the molecule is CCCC1CCCC1OC. The normalized spacial score (nSPS) is 33.0. The molecule has 1 aliphatic carbocycles. The summed E-state index contributed by atoms with van der Waals surface area (Å²) >= 11 is 0. The Morgan fingerprint density at radius 2 is 2.20 bits per heavy atom. The minimum atomic E-state index is 0.583. The highest BCUT2D eigenvalue weighted by Gasteiger charge is 2.25. The van der Waals surface area contributed by atoms with Gasteiger partial charge in [0.25, 0.3) is 0 Å². The molecule has 0 heterocycles. The van der Waals surface area contributed by atoms with Gasteiger partial charge >= 0.3 is 0 Å². The second-order valence-corrected chi connectivity index (χ2v) is 3.25. The number of rotatable bonds is 3. The van der Waals surface area contributed by atoms with E-state index in [0.717, 1.165) is 5.92 Å². The summed E-state index contributed by atoms with van der Waals surface area (Å²) in [5.41, 5.74) is 0. The number of hydrogen-bond donors (Lipinski definition) is 0. The van der Waals surface area contributed by atoms with E-state index in [2.05, 4.69) is 6.92 Å². The average Bonchev–Trinajstić information content (AvgIpc) is 2.36. The maximum absolute atomic E-state index is 5.38. The van der Waals surface area contributed by atoms with Crippen LogP contribution in [0.3, 0.4) is 0 Å². The molecule has 2 unspecified atom stereocenters. The molecule has 0 bridgehead atoms. The second-order valence-electron chi connectivity index (χ2n) is 3.25. The molecule has 0 aliphatic heterocycles. The van der Waals surface area contributed by atoms with Gasteiger partial charge in [0.15, 0.2) is 0 Å². The van der Waals surface area contributed by atoms with Gasteiger partial charge in [-0.2, -0.15) is 0 Å². The zero-order chi connectivity index (χ0) is 7.40. The maximum Gasteiger partial charge on any atom is 0.0599 e. The van der Waals surface area contributed by atoms with Crippen LogP contribution >= 0.6 is 0 Å². The van der Waals surface area contributed by atoms with Crippen LogP contribution in [0.15, 0.2) is 0 Å². The first-order valence-corrected chi connectivity index (χ1v) is 4.41. The molecule has 2 atom stereocenters. The van der Waals surface area contributed by atoms with Crippen LogP contribution in [-0.2, 0) is 4.74 Å². The molecular weight excluding hydrogens is 124 g/mol. The summed E-state index contributed by atoms with van der Waals surface area (Å²) in [5, 5.41) is 0. The van der Waals surface area contributed by atoms with E-state index in [-0.39, 0.29) is 0 Å². The van der Waals surface area contributed by atoms with E-state index in [1.54, 1.807) is 0 Å². The van der Waals surface area contributed by atoms with Crippen LogP contribution in [0, 0.1) is 5.92 Å². The molecule has 0 aromatic carbocycles. The molecule has 0 aromatic heterocycles. The number of methoxy groups -OCH3 is 1. The van der Waals surface area contributed by atoms with E-state index in [1.165, 1.54) is 32.1 Å². The van der Waals surface area contributed by atoms with Crippen LogP contribution in [-0.4, -0.2) is 13.2 Å². The monoisotopic (exact) mass is 142 g/mol. The van der Waals surface area contributed by atoms with Crippen LogP contribution in [0.2, 0.25) is 0 Å². The van der Waals surface area contributed by atoms with Crippen molar-refractivity contribution in [3.05, 3.63) is 0 Å². The minimum absolute atomic E-state index is 0.583. The van der Waals surface area contributed by atoms with Crippen LogP contribution in [0.1, 0.15) is 39.0 Å². The van der Waals surface area contributed by atoms with Gasteiger partial charge in [-0.3, -0.25) is 0 Å². The quantitative estimate of drug-likeness (QED) is 0.588. The highest BCUT2D eigenvalue weighted by atomic mass is 16.5. The van der Waals surface area contributed by atoms with Crippen molar-refractivity contribution in [2.75, 3.05) is 7.11 Å². The van der Waals surface area contributed by atoms with Crippen molar-refractivity contribution in [3.8, 4) is 0 Å². The Bertz CT molecular complexity index is 90.7. The predicted octanol–water partition coefficient (Wildman–Crippen LogP) is 2.60. The van der Waals surface area contributed by atoms with Gasteiger partial charge in [-0.05, 0) is 25.2 Å².